The van der Waals surface area contributed by atoms with Crippen LogP contribution in [0.1, 0.15) is 199 Å². The molecule has 0 aromatic carbocycles. The van der Waals surface area contributed by atoms with Crippen LogP contribution in [0.3, 0.4) is 0 Å². The molecule has 9 atom stereocenters. The third-order valence-corrected chi connectivity index (χ3v) is 13.3. The fraction of sp³-hybridized carbons (Fsp3) is 0.841. The monoisotopic (exact) mass is 2290 g/mol. The molecule has 4 rings (SSSR count). The molecule has 4 fully saturated rings. The smallest absolute Gasteiger partial charge is 0.870 e. The van der Waals surface area contributed by atoms with E-state index >= 15 is 0 Å². The summed E-state index contributed by atoms with van der Waals surface area (Å²) in [4.78, 5) is 106. The van der Waals surface area contributed by atoms with E-state index in [1.807, 2.05) is 20.8 Å². The van der Waals surface area contributed by atoms with Gasteiger partial charge in [0.15, 0.2) is 24.4 Å². The van der Waals surface area contributed by atoms with E-state index in [0.717, 1.165) is 23.9 Å². The molecule has 4 aliphatic heterocycles. The Kier molecular flexibility index (Phi) is 68.3. The van der Waals surface area contributed by atoms with Crippen molar-refractivity contribution in [1.82, 2.24) is 19.6 Å². The van der Waals surface area contributed by atoms with Gasteiger partial charge in [0.25, 0.3) is 0 Å². The van der Waals surface area contributed by atoms with Crippen LogP contribution >= 0.6 is 122 Å². The second kappa shape index (κ2) is 59.2. The summed E-state index contributed by atoms with van der Waals surface area (Å²) in [5, 5.41) is 32.5. The summed E-state index contributed by atoms with van der Waals surface area (Å²) < 4.78 is 58.5. The number of methoxy groups -OCH3 is 3. The summed E-state index contributed by atoms with van der Waals surface area (Å²) in [5.41, 5.74) is 9.94. The third-order valence-electron chi connectivity index (χ3n) is 12.4. The summed E-state index contributed by atoms with van der Waals surface area (Å²) in [6.07, 6.45) is -2.77. The van der Waals surface area contributed by atoms with Gasteiger partial charge in [-0.25, -0.2) is 38.4 Å². The summed E-state index contributed by atoms with van der Waals surface area (Å²) in [6, 6.07) is -2.96. The molecule has 4 heterocycles. The quantitative estimate of drug-likeness (QED) is 0.0199. The number of carbonyl (C=O) groups excluding carboxylic acids is 7. The fourth-order valence-corrected chi connectivity index (χ4v) is 8.94. The van der Waals surface area contributed by atoms with Gasteiger partial charge < -0.3 is 86.7 Å². The maximum atomic E-state index is 12.4. The number of halogens is 6. The normalized spacial score (nSPS) is 21.1. The van der Waals surface area contributed by atoms with Gasteiger partial charge in [0.2, 0.25) is 0 Å². The first-order valence-electron chi connectivity index (χ1n) is 32.1. The van der Waals surface area contributed by atoms with Crippen LogP contribution in [0.2, 0.25) is 0 Å². The molecule has 0 radical (unpaired) electrons. The molecule has 0 spiro atoms. The fourth-order valence-electron chi connectivity index (χ4n) is 8.94. The van der Waals surface area contributed by atoms with Crippen molar-refractivity contribution in [1.29, 1.82) is 0 Å². The number of carboxylic acids is 1. The number of hydrogen-bond acceptors (Lipinski definition) is 24. The Labute approximate surface area is 746 Å². The molecule has 105 heavy (non-hydrogen) atoms. The minimum Gasteiger partial charge on any atom is -0.870 e. The Morgan fingerprint density at radius 3 is 0.905 bits per heavy atom. The number of ether oxygens (including phenoxy) is 11. The molecule has 613 valence electrons. The van der Waals surface area contributed by atoms with Crippen LogP contribution in [-0.4, -0.2) is 235 Å². The van der Waals surface area contributed by atoms with Gasteiger partial charge in [0, 0.05) is 33.9 Å². The standard InChI is InChI=1S/C14H25NO5.C13H22N4O5.C13H23NO6.C12H20N4O5.C4H9I.2C3H7.CH4O.5HI.K.H2O.2V/c1-8-9-10(11(16)18-7)19-14(5,6)15(9)12(17)20-13(2,3)4;1-12(2,3)22-11(19)17-8(7-15-16-14)9(10(18)20-6)21-13(17,4)5;1-12(2,3)20-11(17)14-8(7-15)9(10(16)18-6)19-13(14,4)5;1-11(2,3)21-10(19)16-7(6-14-15-13)8(9(17)18)20-12(16,4)5;1-3-4(2)5;2*1-3-2;1-2;;;;;;;;;/h9-10H,8H2,1-7H3;8-9H,7H2,1-6H3;8-9,15H,7H2,1-6H3;7-8H,6H2,1-5H3,(H,17,18);4H,3H2,1-2H3;2*1,3H2,2H3;2H,1H3;5*1H;;1H2;;/q;;;;;2*-1;;;;;;;+1;;+2;+3/p-6/t9-,10+;2*8-,9+;7-,8+;;;;;;;;;;;;;/m1111............./s1. The van der Waals surface area contributed by atoms with Gasteiger partial charge in [-0.1, -0.05) is 67.4 Å². The average Bonchev–Trinajstić information content (AvgIpc) is 1.65. The van der Waals surface area contributed by atoms with Crippen molar-refractivity contribution < 1.29 is 177 Å². The summed E-state index contributed by atoms with van der Waals surface area (Å²) in [6.45, 7) is 50.5. The van der Waals surface area contributed by atoms with Crippen molar-refractivity contribution in [3.63, 3.8) is 0 Å². The summed E-state index contributed by atoms with van der Waals surface area (Å²) >= 11 is 14.5. The number of nitrogens with zero attached hydrogens (tertiary/aromatic N) is 10. The van der Waals surface area contributed by atoms with Crippen LogP contribution in [-0.2, 0) is 85.7 Å². The molecular formula is C63H118I6KN10O23V2-2. The van der Waals surface area contributed by atoms with Crippen LogP contribution in [0.4, 0.5) is 19.2 Å². The van der Waals surface area contributed by atoms with Crippen LogP contribution in [0.15, 0.2) is 10.2 Å². The Hall–Kier alpha value is 0.485. The molecule has 0 bridgehead atoms. The topological polar surface area (TPSA) is 439 Å². The number of carbonyl (C=O) groups is 8. The summed E-state index contributed by atoms with van der Waals surface area (Å²) in [7, 11) is 5.38. The molecule has 42 heteroatoms. The van der Waals surface area contributed by atoms with Crippen LogP contribution in [0.5, 0.6) is 0 Å². The van der Waals surface area contributed by atoms with E-state index in [-0.39, 0.29) is 74.9 Å². The molecule has 33 nitrogen and oxygen atoms in total. The number of alkyl halides is 1. The van der Waals surface area contributed by atoms with Gasteiger partial charge in [-0.2, -0.15) is 12.8 Å². The van der Waals surface area contributed by atoms with Gasteiger partial charge >= 0.3 is 214 Å². The first kappa shape index (κ1) is 121. The van der Waals surface area contributed by atoms with Gasteiger partial charge in [-0.15, -0.1) is 0 Å². The van der Waals surface area contributed by atoms with Gasteiger partial charge in [0.05, 0.1) is 52.1 Å². The zero-order chi connectivity index (χ0) is 83.0. The number of aliphatic hydroxyl groups is 2. The second-order valence-corrected chi connectivity index (χ2v) is 76.7. The number of carboxylic acid groups (broad SMARTS) is 1. The summed E-state index contributed by atoms with van der Waals surface area (Å²) in [5.74, 6) is -2.98. The van der Waals surface area contributed by atoms with Crippen molar-refractivity contribution in [3.05, 3.63) is 34.7 Å². The van der Waals surface area contributed by atoms with Gasteiger partial charge in [-0.05, 0) is 162 Å². The van der Waals surface area contributed by atoms with Crippen molar-refractivity contribution in [2.75, 3.05) is 48.1 Å². The van der Waals surface area contributed by atoms with E-state index < -0.39 is 149 Å². The number of rotatable bonds is 11. The Morgan fingerprint density at radius 2 is 0.724 bits per heavy atom. The largest absolute Gasteiger partial charge is 1.00 e. The number of aliphatic hydroxyl groups excluding tert-OH is 2. The van der Waals surface area contributed by atoms with E-state index in [0.29, 0.717) is 15.9 Å². The molecule has 0 aromatic heterocycles. The SMILES string of the molecule is CC(C)(C)OC(=O)N1[C@H](CN=[N+]=[N-])[C@@H](C(=O)O)OC1(C)C.CCC(C)I.CC[C@@H]1[C@@H](C(=O)OC)OC(C)(C)N1C(=O)OC(C)(C)C.CO.COC(=O)[C@H]1OC(C)(C)N(C(=O)OC(C)(C)C)[C@@H]1CN=[N+]=[N-].COC(=O)[C@H]1OC(C)(C)N(C(=O)OC(C)(C)C)[C@@H]1CO.[CH2-]CC.[CH2-]CC.[I][V]([I])[I].[I][V][I].[K+].[OH-]. The molecule has 0 aliphatic carbocycles. The Bertz CT molecular complexity index is 2550. The van der Waals surface area contributed by atoms with E-state index in [1.165, 1.54) is 47.3 Å². The predicted molar refractivity (Wildman–Crippen MR) is 438 cm³/mol. The van der Waals surface area contributed by atoms with Crippen molar-refractivity contribution in [2.24, 2.45) is 10.2 Å². The minimum absolute atomic E-state index is 0. The van der Waals surface area contributed by atoms with E-state index in [1.54, 1.807) is 138 Å². The van der Waals surface area contributed by atoms with E-state index in [9.17, 15) is 48.6 Å². The number of azide groups is 2. The molecule has 4 amide bonds. The van der Waals surface area contributed by atoms with Gasteiger partial charge in [0.1, 0.15) is 45.3 Å². The van der Waals surface area contributed by atoms with Crippen LogP contribution < -0.4 is 51.4 Å². The molecule has 0 aromatic rings. The number of amides is 4. The second-order valence-electron chi connectivity index (χ2n) is 27.4. The zero-order valence-electron chi connectivity index (χ0n) is 66.7. The van der Waals surface area contributed by atoms with Crippen molar-refractivity contribution >= 4 is 171 Å². The first-order valence-corrected chi connectivity index (χ1v) is 55.9. The molecular weight excluding hydrogens is 2170 g/mol. The number of hydrogen-bond donors (Lipinski definition) is 3. The number of aliphatic carboxylic acids is 1. The molecule has 4 aliphatic rings. The Morgan fingerprint density at radius 1 is 0.533 bits per heavy atom. The third kappa shape index (κ3) is 49.8. The Balaban J connectivity index is -0.000000182. The minimum atomic E-state index is -1.28. The zero-order valence-corrected chi connectivity index (χ0v) is 85.6. The number of esters is 3. The molecule has 1 unspecified atom stereocenters. The van der Waals surface area contributed by atoms with Gasteiger partial charge in [-0.3, -0.25) is 19.6 Å². The maximum absolute atomic E-state index is 12.4. The van der Waals surface area contributed by atoms with E-state index in [4.69, 9.17) is 58.8 Å². The van der Waals surface area contributed by atoms with E-state index in [2.05, 4.69) is 180 Å². The predicted octanol–water partition coefficient (Wildman–Crippen LogP) is 13.1. The first-order chi connectivity index (χ1) is 46.8. The van der Waals surface area contributed by atoms with Crippen LogP contribution in [0, 0.1) is 13.8 Å². The average molecular weight is 2290 g/mol. The van der Waals surface area contributed by atoms with Crippen molar-refractivity contribution in [3.8, 4) is 0 Å². The van der Waals surface area contributed by atoms with Crippen molar-refractivity contribution in [2.45, 2.75) is 297 Å². The van der Waals surface area contributed by atoms with Crippen LogP contribution in [0.25, 0.3) is 20.9 Å². The molecule has 4 saturated heterocycles. The maximum Gasteiger partial charge on any atom is 1.00 e. The molecule has 4 N–H and O–H groups in total. The molecule has 0 saturated carbocycles.